The lowest BCUT2D eigenvalue weighted by molar-refractivity contribution is 0.482. The molecule has 0 saturated heterocycles. The average Bonchev–Trinajstić information content (AvgIpc) is 3.58. The molecule has 0 amide bonds. The predicted molar refractivity (Wildman–Crippen MR) is 181 cm³/mol. The number of para-hydroxylation sites is 1. The second kappa shape index (κ2) is 11.1. The Morgan fingerprint density at radius 2 is 1.53 bits per heavy atom. The van der Waals surface area contributed by atoms with Crippen LogP contribution in [0.15, 0.2) is 115 Å². The largest absolute Gasteiger partial charge is 0.457 e. The van der Waals surface area contributed by atoms with E-state index in [1.54, 1.807) is 0 Å². The number of rotatable bonds is 6. The van der Waals surface area contributed by atoms with E-state index >= 15 is 0 Å². The summed E-state index contributed by atoms with van der Waals surface area (Å²) in [6, 6.07) is 36.9. The molecule has 0 saturated carbocycles. The minimum atomic E-state index is -0.221. The Hall–Kier alpha value is -5.67. The smallest absolute Gasteiger partial charge is 0.257 e. The van der Waals surface area contributed by atoms with E-state index in [-0.39, 0.29) is 12.0 Å². The second-order valence-electron chi connectivity index (χ2n) is 12.3. The molecule has 3 aromatic heterocycles. The van der Waals surface area contributed by atoms with E-state index in [1.165, 1.54) is 5.39 Å². The fourth-order valence-corrected chi connectivity index (χ4v) is 6.04. The molecule has 0 spiro atoms. The lowest BCUT2D eigenvalue weighted by Gasteiger charge is -2.17. The third-order valence-electron chi connectivity index (χ3n) is 8.06. The van der Waals surface area contributed by atoms with Crippen molar-refractivity contribution in [1.82, 2.24) is 19.3 Å². The van der Waals surface area contributed by atoms with Crippen molar-refractivity contribution >= 4 is 21.8 Å². The molecule has 0 aliphatic heterocycles. The number of nitrogens with zero attached hydrogens (tertiary/aromatic N) is 5. The van der Waals surface area contributed by atoms with Crippen molar-refractivity contribution in [3.05, 3.63) is 144 Å². The van der Waals surface area contributed by atoms with Crippen LogP contribution < -0.4 is 4.74 Å². The Labute approximate surface area is 263 Å². The Morgan fingerprint density at radius 3 is 2.31 bits per heavy atom. The number of hydrogen-bond donors (Lipinski definition) is 0. The van der Waals surface area contributed by atoms with Crippen LogP contribution in [-0.4, -0.2) is 19.3 Å². The van der Waals surface area contributed by atoms with E-state index in [4.69, 9.17) is 21.4 Å². The van der Waals surface area contributed by atoms with Crippen molar-refractivity contribution in [3.63, 3.8) is 0 Å². The monoisotopic (exact) mass is 587 g/mol. The SMILES string of the molecule is [C-]#[N+]Cc1c(-c2ccccc2)c(C(C)(C)C)nn1-c1cccc(Oc2ccc3c4ccccc4n(-c4cc(C)ccn4)c3c2)c1. The van der Waals surface area contributed by atoms with Crippen molar-refractivity contribution < 1.29 is 4.74 Å². The first-order valence-corrected chi connectivity index (χ1v) is 15.1. The summed E-state index contributed by atoms with van der Waals surface area (Å²) in [7, 11) is 0. The van der Waals surface area contributed by atoms with Gasteiger partial charge in [0.1, 0.15) is 23.0 Å². The summed E-state index contributed by atoms with van der Waals surface area (Å²) < 4.78 is 10.6. The van der Waals surface area contributed by atoms with Crippen LogP contribution in [0.25, 0.3) is 49.3 Å². The Morgan fingerprint density at radius 1 is 0.778 bits per heavy atom. The normalized spacial score (nSPS) is 11.6. The van der Waals surface area contributed by atoms with Gasteiger partial charge in [0.15, 0.2) is 0 Å². The summed E-state index contributed by atoms with van der Waals surface area (Å²) in [5, 5.41) is 7.42. The van der Waals surface area contributed by atoms with E-state index in [0.29, 0.717) is 5.75 Å². The molecule has 0 radical (unpaired) electrons. The summed E-state index contributed by atoms with van der Waals surface area (Å²) in [4.78, 5) is 8.50. The highest BCUT2D eigenvalue weighted by atomic mass is 16.5. The standard InChI is InChI=1S/C39H33N5O/c1-26-20-21-41-36(22-26)43-33-17-10-9-16-31(33)32-19-18-30(24-34(32)43)45-29-15-11-14-28(23-29)44-35(25-40-5)37(27-12-7-6-8-13-27)38(42-44)39(2,3)4/h6-24H,25H2,1-4H3. The fourth-order valence-electron chi connectivity index (χ4n) is 6.04. The van der Waals surface area contributed by atoms with Gasteiger partial charge in [-0.3, -0.25) is 4.57 Å². The molecule has 7 aromatic rings. The van der Waals surface area contributed by atoms with Gasteiger partial charge in [-0.1, -0.05) is 75.4 Å². The summed E-state index contributed by atoms with van der Waals surface area (Å²) >= 11 is 0. The van der Waals surface area contributed by atoms with Gasteiger partial charge in [0.25, 0.3) is 6.54 Å². The van der Waals surface area contributed by atoms with Crippen LogP contribution in [0.3, 0.4) is 0 Å². The maximum atomic E-state index is 7.76. The Bertz CT molecular complexity index is 2230. The predicted octanol–water partition coefficient (Wildman–Crippen LogP) is 9.85. The van der Waals surface area contributed by atoms with Gasteiger partial charge in [-0.25, -0.2) is 16.2 Å². The van der Waals surface area contributed by atoms with E-state index in [1.807, 2.05) is 65.5 Å². The molecule has 0 atom stereocenters. The summed E-state index contributed by atoms with van der Waals surface area (Å²) in [6.07, 6.45) is 1.85. The highest BCUT2D eigenvalue weighted by Crippen LogP contribution is 2.38. The lowest BCUT2D eigenvalue weighted by Crippen LogP contribution is -2.14. The molecular formula is C39H33N5O. The van der Waals surface area contributed by atoms with Crippen LogP contribution in [0.1, 0.15) is 37.7 Å². The zero-order valence-electron chi connectivity index (χ0n) is 25.8. The molecule has 7 rings (SSSR count). The number of aromatic nitrogens is 4. The minimum Gasteiger partial charge on any atom is -0.457 e. The number of benzene rings is 4. The van der Waals surface area contributed by atoms with E-state index in [9.17, 15) is 0 Å². The molecular weight excluding hydrogens is 554 g/mol. The molecule has 0 aliphatic rings. The highest BCUT2D eigenvalue weighted by molar-refractivity contribution is 6.09. The first-order chi connectivity index (χ1) is 21.8. The molecule has 45 heavy (non-hydrogen) atoms. The summed E-state index contributed by atoms with van der Waals surface area (Å²) in [6.45, 7) is 16.5. The molecule has 0 aliphatic carbocycles. The van der Waals surface area contributed by atoms with Crippen LogP contribution in [0.2, 0.25) is 0 Å². The van der Waals surface area contributed by atoms with Crippen molar-refractivity contribution in [3.8, 4) is 34.1 Å². The highest BCUT2D eigenvalue weighted by Gasteiger charge is 2.29. The molecule has 220 valence electrons. The molecule has 0 N–H and O–H groups in total. The van der Waals surface area contributed by atoms with E-state index < -0.39 is 0 Å². The first kappa shape index (κ1) is 28.1. The van der Waals surface area contributed by atoms with Gasteiger partial charge in [0.05, 0.1) is 22.4 Å². The van der Waals surface area contributed by atoms with Gasteiger partial charge >= 0.3 is 0 Å². The minimum absolute atomic E-state index is 0.215. The average molecular weight is 588 g/mol. The van der Waals surface area contributed by atoms with Gasteiger partial charge in [0, 0.05) is 40.1 Å². The molecule has 0 unspecified atom stereocenters. The van der Waals surface area contributed by atoms with E-state index in [0.717, 1.165) is 61.8 Å². The van der Waals surface area contributed by atoms with Gasteiger partial charge in [-0.05, 0) is 60.5 Å². The van der Waals surface area contributed by atoms with Crippen molar-refractivity contribution in [2.45, 2.75) is 39.7 Å². The summed E-state index contributed by atoms with van der Waals surface area (Å²) in [5.74, 6) is 2.28. The number of ether oxygens (including phenoxy) is 1. The Balaban J connectivity index is 1.33. The van der Waals surface area contributed by atoms with Crippen molar-refractivity contribution in [1.29, 1.82) is 0 Å². The first-order valence-electron chi connectivity index (χ1n) is 15.1. The van der Waals surface area contributed by atoms with Crippen LogP contribution in [0.4, 0.5) is 0 Å². The van der Waals surface area contributed by atoms with Gasteiger partial charge < -0.3 is 9.58 Å². The number of aryl methyl sites for hydroxylation is 1. The molecule has 0 fully saturated rings. The number of pyridine rings is 1. The van der Waals surface area contributed by atoms with Crippen molar-refractivity contribution in [2.24, 2.45) is 0 Å². The number of fused-ring (bicyclic) bond motifs is 3. The number of hydrogen-bond acceptors (Lipinski definition) is 3. The molecule has 4 aromatic carbocycles. The molecule has 3 heterocycles. The molecule has 6 nitrogen and oxygen atoms in total. The zero-order chi connectivity index (χ0) is 31.1. The van der Waals surface area contributed by atoms with Gasteiger partial charge in [-0.2, -0.15) is 5.10 Å². The topological polar surface area (TPSA) is 49.2 Å². The molecule has 6 heteroatoms. The van der Waals surface area contributed by atoms with E-state index in [2.05, 4.69) is 91.7 Å². The Kier molecular flexibility index (Phi) is 6.94. The maximum absolute atomic E-state index is 7.76. The quantitative estimate of drug-likeness (QED) is 0.182. The van der Waals surface area contributed by atoms with Gasteiger partial charge in [-0.15, -0.1) is 0 Å². The van der Waals surface area contributed by atoms with Crippen LogP contribution in [-0.2, 0) is 12.0 Å². The molecule has 0 bridgehead atoms. The van der Waals surface area contributed by atoms with Crippen LogP contribution >= 0.6 is 0 Å². The third-order valence-corrected chi connectivity index (χ3v) is 8.06. The van der Waals surface area contributed by atoms with Crippen molar-refractivity contribution in [2.75, 3.05) is 0 Å². The van der Waals surface area contributed by atoms with Crippen LogP contribution in [0.5, 0.6) is 11.5 Å². The zero-order valence-corrected chi connectivity index (χ0v) is 25.8. The fraction of sp³-hybridized carbons (Fsp3) is 0.154. The third kappa shape index (κ3) is 5.13. The lowest BCUT2D eigenvalue weighted by atomic mass is 9.86. The summed E-state index contributed by atoms with van der Waals surface area (Å²) in [5.41, 5.74) is 7.81. The van der Waals surface area contributed by atoms with Gasteiger partial charge in [0.2, 0.25) is 0 Å². The second-order valence-corrected chi connectivity index (χ2v) is 12.3. The van der Waals surface area contributed by atoms with Crippen LogP contribution in [0, 0.1) is 13.5 Å². The maximum Gasteiger partial charge on any atom is 0.257 e.